The van der Waals surface area contributed by atoms with Crippen LogP contribution >= 0.6 is 11.6 Å². The molecule has 0 spiro atoms. The van der Waals surface area contributed by atoms with Crippen molar-refractivity contribution >= 4 is 17.9 Å². The number of carbonyl (C=O) groups is 1. The summed E-state index contributed by atoms with van der Waals surface area (Å²) in [6.45, 7) is 0. The molecule has 0 N–H and O–H groups in total. The maximum Gasteiger partial charge on any atom is 0.418 e. The number of nitrogens with zero attached hydrogens (tertiary/aromatic N) is 2. The van der Waals surface area contributed by atoms with Crippen LogP contribution in [0.25, 0.3) is 5.69 Å². The fraction of sp³-hybridized carbons (Fsp3) is 0.0909. The Morgan fingerprint density at radius 2 is 1.94 bits per heavy atom. The highest BCUT2D eigenvalue weighted by molar-refractivity contribution is 6.32. The Morgan fingerprint density at radius 1 is 1.28 bits per heavy atom. The number of aromatic nitrogens is 2. The number of para-hydroxylation sites is 1. The van der Waals surface area contributed by atoms with Gasteiger partial charge >= 0.3 is 6.18 Å². The molecule has 1 heterocycles. The normalized spacial score (nSPS) is 11.6. The van der Waals surface area contributed by atoms with Crippen LogP contribution in [0.15, 0.2) is 30.6 Å². The van der Waals surface area contributed by atoms with Gasteiger partial charge in [0.2, 0.25) is 0 Å². The van der Waals surface area contributed by atoms with E-state index in [0.717, 1.165) is 17.0 Å². The summed E-state index contributed by atoms with van der Waals surface area (Å²) in [5, 5.41) is -0.151. The van der Waals surface area contributed by atoms with E-state index in [9.17, 15) is 18.0 Å². The highest BCUT2D eigenvalue weighted by atomic mass is 35.5. The minimum absolute atomic E-state index is 0.103. The zero-order valence-corrected chi connectivity index (χ0v) is 9.53. The first kappa shape index (κ1) is 12.6. The Morgan fingerprint density at radius 3 is 2.50 bits per heavy atom. The number of hydrogen-bond acceptors (Lipinski definition) is 2. The van der Waals surface area contributed by atoms with Crippen molar-refractivity contribution in [3.05, 3.63) is 47.0 Å². The van der Waals surface area contributed by atoms with Gasteiger partial charge < -0.3 is 0 Å². The molecule has 3 nitrogen and oxygen atoms in total. The van der Waals surface area contributed by atoms with Crippen LogP contribution in [0.5, 0.6) is 0 Å². The molecule has 0 aliphatic carbocycles. The molecule has 0 amide bonds. The first-order valence-electron chi connectivity index (χ1n) is 4.79. The number of aldehydes is 1. The number of imidazole rings is 1. The van der Waals surface area contributed by atoms with E-state index in [1.807, 2.05) is 0 Å². The van der Waals surface area contributed by atoms with E-state index in [1.54, 1.807) is 0 Å². The molecule has 2 rings (SSSR count). The number of halogens is 4. The smallest absolute Gasteiger partial charge is 0.296 e. The van der Waals surface area contributed by atoms with Gasteiger partial charge in [-0.15, -0.1) is 0 Å². The zero-order chi connectivity index (χ0) is 13.3. The molecular formula is C11H6ClF3N2O. The summed E-state index contributed by atoms with van der Waals surface area (Å²) >= 11 is 5.78. The van der Waals surface area contributed by atoms with Crippen LogP contribution in [-0.2, 0) is 6.18 Å². The summed E-state index contributed by atoms with van der Waals surface area (Å²) in [7, 11) is 0. The maximum absolute atomic E-state index is 12.8. The van der Waals surface area contributed by atoms with Crippen molar-refractivity contribution in [1.82, 2.24) is 9.55 Å². The van der Waals surface area contributed by atoms with Gasteiger partial charge in [-0.1, -0.05) is 23.7 Å². The quantitative estimate of drug-likeness (QED) is 0.787. The molecule has 0 aliphatic rings. The monoisotopic (exact) mass is 274 g/mol. The number of hydrogen-bond donors (Lipinski definition) is 0. The van der Waals surface area contributed by atoms with Crippen LogP contribution < -0.4 is 0 Å². The van der Waals surface area contributed by atoms with Crippen LogP contribution in [0.4, 0.5) is 13.2 Å². The molecule has 18 heavy (non-hydrogen) atoms. The van der Waals surface area contributed by atoms with E-state index in [-0.39, 0.29) is 16.5 Å². The molecule has 0 atom stereocenters. The lowest BCUT2D eigenvalue weighted by molar-refractivity contribution is -0.137. The van der Waals surface area contributed by atoms with Crippen molar-refractivity contribution in [3.8, 4) is 5.69 Å². The van der Waals surface area contributed by atoms with Crippen molar-refractivity contribution in [1.29, 1.82) is 0 Å². The maximum atomic E-state index is 12.8. The van der Waals surface area contributed by atoms with Crippen LogP contribution in [-0.4, -0.2) is 15.8 Å². The SMILES string of the molecule is O=Cc1ncn(-c2ccccc2C(F)(F)F)c1Cl. The third-order valence-electron chi connectivity index (χ3n) is 2.32. The largest absolute Gasteiger partial charge is 0.418 e. The average molecular weight is 275 g/mol. The van der Waals surface area contributed by atoms with Crippen molar-refractivity contribution in [3.63, 3.8) is 0 Å². The minimum atomic E-state index is -4.51. The molecule has 0 aliphatic heterocycles. The molecule has 0 saturated carbocycles. The van der Waals surface area contributed by atoms with Gasteiger partial charge in [-0.2, -0.15) is 13.2 Å². The van der Waals surface area contributed by atoms with Crippen LogP contribution in [0.1, 0.15) is 16.1 Å². The van der Waals surface area contributed by atoms with E-state index in [2.05, 4.69) is 4.98 Å². The second-order valence-corrected chi connectivity index (χ2v) is 3.78. The van der Waals surface area contributed by atoms with E-state index in [4.69, 9.17) is 11.6 Å². The van der Waals surface area contributed by atoms with Gasteiger partial charge in [0.25, 0.3) is 0 Å². The van der Waals surface area contributed by atoms with Crippen LogP contribution in [0, 0.1) is 0 Å². The lowest BCUT2D eigenvalue weighted by Gasteiger charge is -2.13. The fourth-order valence-corrected chi connectivity index (χ4v) is 1.75. The van der Waals surface area contributed by atoms with Crippen LogP contribution in [0.3, 0.4) is 0 Å². The lowest BCUT2D eigenvalue weighted by Crippen LogP contribution is -2.10. The lowest BCUT2D eigenvalue weighted by atomic mass is 10.1. The van der Waals surface area contributed by atoms with Gasteiger partial charge in [0, 0.05) is 0 Å². The standard InChI is InChI=1S/C11H6ClF3N2O/c12-10-8(5-18)16-6-17(10)9-4-2-1-3-7(9)11(13,14)15/h1-6H. The number of benzene rings is 1. The summed E-state index contributed by atoms with van der Waals surface area (Å²) < 4.78 is 39.4. The Balaban J connectivity index is 2.64. The van der Waals surface area contributed by atoms with Gasteiger partial charge in [-0.3, -0.25) is 9.36 Å². The Labute approximate surface area is 105 Å². The number of rotatable bonds is 2. The van der Waals surface area contributed by atoms with Gasteiger partial charge in [-0.05, 0) is 12.1 Å². The second kappa shape index (κ2) is 4.45. The van der Waals surface area contributed by atoms with Gasteiger partial charge in [-0.25, -0.2) is 4.98 Å². The van der Waals surface area contributed by atoms with Crippen molar-refractivity contribution in [2.75, 3.05) is 0 Å². The molecule has 1 aromatic heterocycles. The highest BCUT2D eigenvalue weighted by Crippen LogP contribution is 2.34. The van der Waals surface area contributed by atoms with E-state index >= 15 is 0 Å². The van der Waals surface area contributed by atoms with E-state index in [0.29, 0.717) is 6.29 Å². The third-order valence-corrected chi connectivity index (χ3v) is 2.69. The summed E-state index contributed by atoms with van der Waals surface area (Å²) in [6.07, 6.45) is -3.04. The van der Waals surface area contributed by atoms with Gasteiger partial charge in [0.1, 0.15) is 17.2 Å². The number of carbonyl (C=O) groups excluding carboxylic acids is 1. The van der Waals surface area contributed by atoms with Crippen molar-refractivity contribution in [2.24, 2.45) is 0 Å². The van der Waals surface area contributed by atoms with Crippen molar-refractivity contribution in [2.45, 2.75) is 6.18 Å². The van der Waals surface area contributed by atoms with E-state index < -0.39 is 11.7 Å². The highest BCUT2D eigenvalue weighted by Gasteiger charge is 2.34. The molecule has 0 bridgehead atoms. The van der Waals surface area contributed by atoms with E-state index in [1.165, 1.54) is 18.2 Å². The first-order valence-corrected chi connectivity index (χ1v) is 5.17. The second-order valence-electron chi connectivity index (χ2n) is 3.42. The fourth-order valence-electron chi connectivity index (χ4n) is 1.52. The molecule has 1 aromatic carbocycles. The Bertz CT molecular complexity index is 592. The van der Waals surface area contributed by atoms with Crippen molar-refractivity contribution < 1.29 is 18.0 Å². The predicted octanol–water partition coefficient (Wildman–Crippen LogP) is 3.36. The third kappa shape index (κ3) is 2.11. The first-order chi connectivity index (χ1) is 8.45. The minimum Gasteiger partial charge on any atom is -0.296 e. The predicted molar refractivity (Wildman–Crippen MR) is 59.0 cm³/mol. The average Bonchev–Trinajstić information content (AvgIpc) is 2.69. The molecule has 0 saturated heterocycles. The Hall–Kier alpha value is -1.82. The summed E-state index contributed by atoms with van der Waals surface area (Å²) in [5.41, 5.74) is -1.12. The molecule has 0 radical (unpaired) electrons. The Kier molecular flexibility index (Phi) is 3.13. The summed E-state index contributed by atoms with van der Waals surface area (Å²) in [5.74, 6) is 0. The summed E-state index contributed by atoms with van der Waals surface area (Å²) in [4.78, 5) is 14.2. The molecule has 0 fully saturated rings. The molecular weight excluding hydrogens is 269 g/mol. The molecule has 2 aromatic rings. The zero-order valence-electron chi connectivity index (χ0n) is 8.78. The topological polar surface area (TPSA) is 34.9 Å². The summed E-state index contributed by atoms with van der Waals surface area (Å²) in [6, 6.07) is 4.91. The van der Waals surface area contributed by atoms with Crippen LogP contribution in [0.2, 0.25) is 5.15 Å². The van der Waals surface area contributed by atoms with Gasteiger partial charge in [0.05, 0.1) is 11.3 Å². The molecule has 7 heteroatoms. The molecule has 94 valence electrons. The van der Waals surface area contributed by atoms with Gasteiger partial charge in [0.15, 0.2) is 6.29 Å². The molecule has 0 unspecified atom stereocenters. The number of alkyl halides is 3.